The second-order valence-corrected chi connectivity index (χ2v) is 6.00. The van der Waals surface area contributed by atoms with Crippen LogP contribution in [0.25, 0.3) is 0 Å². The molecule has 0 radical (unpaired) electrons. The van der Waals surface area contributed by atoms with E-state index in [4.69, 9.17) is 4.74 Å². The lowest BCUT2D eigenvalue weighted by atomic mass is 9.98. The standard InChI is InChI=1S/C19H20F3NO/c20-19(21,22)16-8-4-7-15(13-16)18(14-5-2-1-3-6-14)24-17-9-11-23-12-10-17/h1-8,13,17-18,23H,9-12H2. The van der Waals surface area contributed by atoms with E-state index in [2.05, 4.69) is 5.32 Å². The Bertz CT molecular complexity index is 651. The van der Waals surface area contributed by atoms with Crippen LogP contribution in [0.4, 0.5) is 13.2 Å². The molecule has 128 valence electrons. The summed E-state index contributed by atoms with van der Waals surface area (Å²) in [5, 5.41) is 3.27. The van der Waals surface area contributed by atoms with Crippen molar-refractivity contribution in [1.29, 1.82) is 0 Å². The molecule has 1 saturated heterocycles. The van der Waals surface area contributed by atoms with Gasteiger partial charge < -0.3 is 10.1 Å². The number of hydrogen-bond acceptors (Lipinski definition) is 2. The van der Waals surface area contributed by atoms with Crippen molar-refractivity contribution < 1.29 is 17.9 Å². The molecule has 1 aliphatic heterocycles. The molecule has 1 N–H and O–H groups in total. The Morgan fingerprint density at radius 3 is 2.25 bits per heavy atom. The third-order valence-corrected chi connectivity index (χ3v) is 4.23. The Kier molecular flexibility index (Phi) is 5.21. The van der Waals surface area contributed by atoms with Crippen molar-refractivity contribution >= 4 is 0 Å². The Labute approximate surface area is 139 Å². The zero-order valence-corrected chi connectivity index (χ0v) is 13.2. The van der Waals surface area contributed by atoms with Crippen LogP contribution in [0.2, 0.25) is 0 Å². The molecule has 2 nitrogen and oxygen atoms in total. The highest BCUT2D eigenvalue weighted by Crippen LogP contribution is 2.34. The minimum absolute atomic E-state index is 0.0472. The molecule has 1 aliphatic rings. The van der Waals surface area contributed by atoms with E-state index < -0.39 is 17.8 Å². The molecular weight excluding hydrogens is 315 g/mol. The summed E-state index contributed by atoms with van der Waals surface area (Å²) in [4.78, 5) is 0. The fourth-order valence-corrected chi connectivity index (χ4v) is 2.98. The summed E-state index contributed by atoms with van der Waals surface area (Å²) in [5.74, 6) is 0. The van der Waals surface area contributed by atoms with Crippen LogP contribution in [0.15, 0.2) is 54.6 Å². The summed E-state index contributed by atoms with van der Waals surface area (Å²) in [6, 6.07) is 14.9. The SMILES string of the molecule is FC(F)(F)c1cccc(C(OC2CCNCC2)c2ccccc2)c1. The predicted octanol–water partition coefficient (Wildman–Crippen LogP) is 4.56. The average molecular weight is 335 g/mol. The third kappa shape index (κ3) is 4.16. The van der Waals surface area contributed by atoms with Gasteiger partial charge in [-0.15, -0.1) is 0 Å². The molecule has 0 aliphatic carbocycles. The number of nitrogens with one attached hydrogen (secondary N) is 1. The van der Waals surface area contributed by atoms with Gasteiger partial charge in [0.1, 0.15) is 6.10 Å². The quantitative estimate of drug-likeness (QED) is 0.884. The maximum absolute atomic E-state index is 13.0. The minimum Gasteiger partial charge on any atom is -0.365 e. The topological polar surface area (TPSA) is 21.3 Å². The highest BCUT2D eigenvalue weighted by Gasteiger charge is 2.31. The zero-order valence-electron chi connectivity index (χ0n) is 13.2. The molecule has 5 heteroatoms. The molecule has 3 rings (SSSR count). The van der Waals surface area contributed by atoms with Crippen molar-refractivity contribution in [2.45, 2.75) is 31.2 Å². The maximum Gasteiger partial charge on any atom is 0.416 e. The van der Waals surface area contributed by atoms with E-state index in [1.54, 1.807) is 6.07 Å². The van der Waals surface area contributed by atoms with E-state index in [0.29, 0.717) is 5.56 Å². The zero-order chi connectivity index (χ0) is 17.0. The molecule has 1 fully saturated rings. The summed E-state index contributed by atoms with van der Waals surface area (Å²) >= 11 is 0. The van der Waals surface area contributed by atoms with Gasteiger partial charge in [0.15, 0.2) is 0 Å². The number of benzene rings is 2. The highest BCUT2D eigenvalue weighted by molar-refractivity contribution is 5.34. The van der Waals surface area contributed by atoms with Gasteiger partial charge in [0.05, 0.1) is 11.7 Å². The molecule has 0 saturated carbocycles. The van der Waals surface area contributed by atoms with Crippen LogP contribution < -0.4 is 5.32 Å². The maximum atomic E-state index is 13.0. The van der Waals surface area contributed by atoms with Crippen molar-refractivity contribution in [2.75, 3.05) is 13.1 Å². The van der Waals surface area contributed by atoms with Crippen molar-refractivity contribution in [2.24, 2.45) is 0 Å². The first kappa shape index (κ1) is 17.0. The number of halogens is 3. The summed E-state index contributed by atoms with van der Waals surface area (Å²) in [6.07, 6.45) is -3.07. The van der Waals surface area contributed by atoms with E-state index in [-0.39, 0.29) is 6.10 Å². The van der Waals surface area contributed by atoms with Gasteiger partial charge in [-0.1, -0.05) is 42.5 Å². The van der Waals surface area contributed by atoms with Crippen LogP contribution in [0.3, 0.4) is 0 Å². The van der Waals surface area contributed by atoms with Crippen molar-refractivity contribution in [3.05, 3.63) is 71.3 Å². The van der Waals surface area contributed by atoms with E-state index in [1.807, 2.05) is 30.3 Å². The second-order valence-electron chi connectivity index (χ2n) is 6.00. The molecule has 0 amide bonds. The van der Waals surface area contributed by atoms with Crippen LogP contribution in [-0.4, -0.2) is 19.2 Å². The van der Waals surface area contributed by atoms with Gasteiger partial charge in [-0.05, 0) is 49.2 Å². The van der Waals surface area contributed by atoms with Gasteiger partial charge in [0.25, 0.3) is 0 Å². The van der Waals surface area contributed by atoms with Gasteiger partial charge in [0.2, 0.25) is 0 Å². The third-order valence-electron chi connectivity index (χ3n) is 4.23. The lowest BCUT2D eigenvalue weighted by molar-refractivity contribution is -0.137. The molecular formula is C19H20F3NO. The first-order chi connectivity index (χ1) is 11.5. The highest BCUT2D eigenvalue weighted by atomic mass is 19.4. The Hall–Kier alpha value is -1.85. The van der Waals surface area contributed by atoms with Crippen molar-refractivity contribution in [3.8, 4) is 0 Å². The lowest BCUT2D eigenvalue weighted by Crippen LogP contribution is -2.33. The van der Waals surface area contributed by atoms with Gasteiger partial charge in [-0.3, -0.25) is 0 Å². The van der Waals surface area contributed by atoms with Crippen LogP contribution in [0.1, 0.15) is 35.6 Å². The van der Waals surface area contributed by atoms with Gasteiger partial charge in [0, 0.05) is 0 Å². The fourth-order valence-electron chi connectivity index (χ4n) is 2.98. The van der Waals surface area contributed by atoms with Crippen LogP contribution in [0, 0.1) is 0 Å². The minimum atomic E-state index is -4.36. The molecule has 0 spiro atoms. The second kappa shape index (κ2) is 7.36. The Morgan fingerprint density at radius 1 is 0.917 bits per heavy atom. The first-order valence-electron chi connectivity index (χ1n) is 8.12. The van der Waals surface area contributed by atoms with E-state index in [9.17, 15) is 13.2 Å². The van der Waals surface area contributed by atoms with Crippen LogP contribution in [-0.2, 0) is 10.9 Å². The molecule has 1 unspecified atom stereocenters. The van der Waals surface area contributed by atoms with E-state index in [0.717, 1.165) is 37.6 Å². The van der Waals surface area contributed by atoms with Gasteiger partial charge in [-0.25, -0.2) is 0 Å². The summed E-state index contributed by atoms with van der Waals surface area (Å²) < 4.78 is 45.4. The normalized spacial score (nSPS) is 17.6. The Balaban J connectivity index is 1.92. The molecule has 2 aromatic carbocycles. The monoisotopic (exact) mass is 335 g/mol. The van der Waals surface area contributed by atoms with Crippen molar-refractivity contribution in [1.82, 2.24) is 5.32 Å². The number of ether oxygens (including phenoxy) is 1. The molecule has 1 heterocycles. The fraction of sp³-hybridized carbons (Fsp3) is 0.368. The predicted molar refractivity (Wildman–Crippen MR) is 86.7 cm³/mol. The molecule has 2 aromatic rings. The first-order valence-corrected chi connectivity index (χ1v) is 8.12. The van der Waals surface area contributed by atoms with Crippen molar-refractivity contribution in [3.63, 3.8) is 0 Å². The van der Waals surface area contributed by atoms with Gasteiger partial charge >= 0.3 is 6.18 Å². The largest absolute Gasteiger partial charge is 0.416 e. The van der Waals surface area contributed by atoms with E-state index in [1.165, 1.54) is 12.1 Å². The summed E-state index contributed by atoms with van der Waals surface area (Å²) in [7, 11) is 0. The molecule has 1 atom stereocenters. The molecule has 0 bridgehead atoms. The average Bonchev–Trinajstić information content (AvgIpc) is 2.61. The summed E-state index contributed by atoms with van der Waals surface area (Å²) in [5.41, 5.74) is 0.764. The smallest absolute Gasteiger partial charge is 0.365 e. The molecule has 0 aromatic heterocycles. The number of piperidine rings is 1. The number of alkyl halides is 3. The van der Waals surface area contributed by atoms with Crippen LogP contribution in [0.5, 0.6) is 0 Å². The van der Waals surface area contributed by atoms with Crippen LogP contribution >= 0.6 is 0 Å². The number of hydrogen-bond donors (Lipinski definition) is 1. The van der Waals surface area contributed by atoms with E-state index >= 15 is 0 Å². The molecule has 24 heavy (non-hydrogen) atoms. The number of rotatable bonds is 4. The summed E-state index contributed by atoms with van der Waals surface area (Å²) in [6.45, 7) is 1.74. The Morgan fingerprint density at radius 2 is 1.58 bits per heavy atom. The van der Waals surface area contributed by atoms with Gasteiger partial charge in [-0.2, -0.15) is 13.2 Å². The lowest BCUT2D eigenvalue weighted by Gasteiger charge is -2.29.